The summed E-state index contributed by atoms with van der Waals surface area (Å²) in [5, 5.41) is 13.3. The summed E-state index contributed by atoms with van der Waals surface area (Å²) in [5.41, 5.74) is 7.50. The number of hydrogen-bond donors (Lipinski definition) is 2. The fourth-order valence-corrected chi connectivity index (χ4v) is 2.83. The molecule has 0 aliphatic carbocycles. The molecule has 21 heavy (non-hydrogen) atoms. The molecular weight excluding hydrogens is 284 g/mol. The van der Waals surface area contributed by atoms with E-state index in [9.17, 15) is 0 Å². The molecule has 0 saturated carbocycles. The molecule has 0 spiro atoms. The average Bonchev–Trinajstić information content (AvgIpc) is 2.76. The number of hydrogen-bond acceptors (Lipinski definition) is 6. The summed E-state index contributed by atoms with van der Waals surface area (Å²) in [4.78, 5) is 4.48. The summed E-state index contributed by atoms with van der Waals surface area (Å²) >= 11 is 1.31. The Labute approximate surface area is 128 Å². The Morgan fingerprint density at radius 2 is 2.00 bits per heavy atom. The molecule has 2 aromatic heterocycles. The largest absolute Gasteiger partial charge is 0.486 e. The van der Waals surface area contributed by atoms with Crippen molar-refractivity contribution in [3.8, 4) is 11.8 Å². The lowest BCUT2D eigenvalue weighted by atomic mass is 10.1. The maximum atomic E-state index is 9.13. The van der Waals surface area contributed by atoms with Gasteiger partial charge in [0.25, 0.3) is 0 Å². The van der Waals surface area contributed by atoms with E-state index in [1.165, 1.54) is 11.3 Å². The predicted molar refractivity (Wildman–Crippen MR) is 85.5 cm³/mol. The zero-order valence-corrected chi connectivity index (χ0v) is 13.1. The third kappa shape index (κ3) is 3.44. The average molecular weight is 302 g/mol. The normalized spacial score (nSPS) is 12.0. The lowest BCUT2D eigenvalue weighted by Crippen LogP contribution is -2.10. The minimum absolute atomic E-state index is 0.00905. The van der Waals surface area contributed by atoms with Gasteiger partial charge in [0.15, 0.2) is 5.75 Å². The van der Waals surface area contributed by atoms with Gasteiger partial charge >= 0.3 is 0 Å². The van der Waals surface area contributed by atoms with Crippen molar-refractivity contribution in [1.29, 1.82) is 5.26 Å². The monoisotopic (exact) mass is 302 g/mol. The third-order valence-electron chi connectivity index (χ3n) is 2.91. The predicted octanol–water partition coefficient (Wildman–Crippen LogP) is 3.56. The Kier molecular flexibility index (Phi) is 4.66. The van der Waals surface area contributed by atoms with Gasteiger partial charge < -0.3 is 15.8 Å². The van der Waals surface area contributed by atoms with Gasteiger partial charge in [0, 0.05) is 18.4 Å². The molecule has 0 aromatic carbocycles. The molecule has 3 N–H and O–H groups in total. The van der Waals surface area contributed by atoms with Crippen LogP contribution in [0.2, 0.25) is 0 Å². The second-order valence-electron chi connectivity index (χ2n) is 4.93. The molecular formula is C15H18N4OS. The third-order valence-corrected chi connectivity index (χ3v) is 3.93. The minimum Gasteiger partial charge on any atom is -0.486 e. The van der Waals surface area contributed by atoms with E-state index in [0.29, 0.717) is 16.3 Å². The minimum atomic E-state index is -0.00905. The fraction of sp³-hybridized carbons (Fsp3) is 0.333. The number of ether oxygens (including phenoxy) is 1. The molecule has 6 heteroatoms. The van der Waals surface area contributed by atoms with E-state index in [1.54, 1.807) is 12.4 Å². The van der Waals surface area contributed by atoms with Crippen LogP contribution in [0.3, 0.4) is 0 Å². The first-order valence-corrected chi connectivity index (χ1v) is 7.50. The molecule has 0 amide bonds. The maximum Gasteiger partial charge on any atom is 0.178 e. The molecule has 1 atom stereocenters. The highest BCUT2D eigenvalue weighted by atomic mass is 32.1. The van der Waals surface area contributed by atoms with Gasteiger partial charge in [-0.05, 0) is 38.5 Å². The fourth-order valence-electron chi connectivity index (χ4n) is 1.89. The number of nitrogens with two attached hydrogens (primary N) is 1. The zero-order valence-electron chi connectivity index (χ0n) is 12.3. The van der Waals surface area contributed by atoms with Crippen molar-refractivity contribution in [3.63, 3.8) is 0 Å². The van der Waals surface area contributed by atoms with E-state index < -0.39 is 0 Å². The molecule has 0 saturated heterocycles. The summed E-state index contributed by atoms with van der Waals surface area (Å²) in [6, 6.07) is 6.06. The maximum absolute atomic E-state index is 9.13. The standard InChI is InChI=1S/C15H18N4OS/c1-9(2)20-14-13(17)12(8-16)21-15(14)19-10(3)11-4-6-18-7-5-11/h4-7,9-10,19H,17H2,1-3H3. The van der Waals surface area contributed by atoms with Crippen LogP contribution in [-0.2, 0) is 0 Å². The van der Waals surface area contributed by atoms with Gasteiger partial charge in [-0.15, -0.1) is 11.3 Å². The molecule has 5 nitrogen and oxygen atoms in total. The van der Waals surface area contributed by atoms with Gasteiger partial charge in [0.1, 0.15) is 21.6 Å². The lowest BCUT2D eigenvalue weighted by molar-refractivity contribution is 0.246. The first kappa shape index (κ1) is 15.1. The Morgan fingerprint density at radius 1 is 1.33 bits per heavy atom. The number of rotatable bonds is 5. The number of nitrogens with one attached hydrogen (secondary N) is 1. The highest BCUT2D eigenvalue weighted by Gasteiger charge is 2.20. The highest BCUT2D eigenvalue weighted by molar-refractivity contribution is 7.17. The Morgan fingerprint density at radius 3 is 2.57 bits per heavy atom. The Hall–Kier alpha value is -2.26. The lowest BCUT2D eigenvalue weighted by Gasteiger charge is -2.17. The molecule has 0 bridgehead atoms. The van der Waals surface area contributed by atoms with Crippen LogP contribution in [0.1, 0.15) is 37.3 Å². The summed E-state index contributed by atoms with van der Waals surface area (Å²) in [6.07, 6.45) is 3.50. The number of thiophene rings is 1. The van der Waals surface area contributed by atoms with Crippen molar-refractivity contribution in [2.75, 3.05) is 11.1 Å². The summed E-state index contributed by atoms with van der Waals surface area (Å²) in [5.74, 6) is 0.562. The second-order valence-corrected chi connectivity index (χ2v) is 5.95. The van der Waals surface area contributed by atoms with Gasteiger partial charge in [0.05, 0.1) is 6.10 Å². The molecule has 1 unspecified atom stereocenters. The van der Waals surface area contributed by atoms with E-state index in [0.717, 1.165) is 10.6 Å². The number of anilines is 2. The van der Waals surface area contributed by atoms with E-state index >= 15 is 0 Å². The van der Waals surface area contributed by atoms with Crippen molar-refractivity contribution in [2.24, 2.45) is 0 Å². The second kappa shape index (κ2) is 6.46. The van der Waals surface area contributed by atoms with Crippen LogP contribution in [-0.4, -0.2) is 11.1 Å². The Balaban J connectivity index is 2.29. The van der Waals surface area contributed by atoms with Crippen molar-refractivity contribution in [3.05, 3.63) is 35.0 Å². The van der Waals surface area contributed by atoms with Crippen LogP contribution in [0.4, 0.5) is 10.7 Å². The van der Waals surface area contributed by atoms with Crippen LogP contribution < -0.4 is 15.8 Å². The van der Waals surface area contributed by atoms with E-state index in [1.807, 2.05) is 32.9 Å². The van der Waals surface area contributed by atoms with E-state index in [2.05, 4.69) is 16.4 Å². The molecule has 0 aliphatic rings. The number of nitrogens with zero attached hydrogens (tertiary/aromatic N) is 2. The first-order chi connectivity index (χ1) is 10.0. The SMILES string of the molecule is CC(C)Oc1c(NC(C)c2ccncc2)sc(C#N)c1N. The molecule has 2 rings (SSSR count). The molecule has 0 fully saturated rings. The van der Waals surface area contributed by atoms with Gasteiger partial charge in [-0.3, -0.25) is 4.98 Å². The zero-order chi connectivity index (χ0) is 15.4. The topological polar surface area (TPSA) is 84.0 Å². The number of nitriles is 1. The van der Waals surface area contributed by atoms with Crippen LogP contribution >= 0.6 is 11.3 Å². The number of aromatic nitrogens is 1. The van der Waals surface area contributed by atoms with Gasteiger partial charge in [-0.2, -0.15) is 5.26 Å². The molecule has 0 radical (unpaired) electrons. The van der Waals surface area contributed by atoms with Crippen molar-refractivity contribution in [2.45, 2.75) is 32.9 Å². The molecule has 0 aliphatic heterocycles. The van der Waals surface area contributed by atoms with E-state index in [4.69, 9.17) is 15.7 Å². The van der Waals surface area contributed by atoms with Crippen LogP contribution in [0.5, 0.6) is 5.75 Å². The quantitative estimate of drug-likeness (QED) is 0.882. The molecule has 110 valence electrons. The molecule has 2 aromatic rings. The summed E-state index contributed by atoms with van der Waals surface area (Å²) < 4.78 is 5.75. The van der Waals surface area contributed by atoms with Crippen molar-refractivity contribution in [1.82, 2.24) is 4.98 Å². The number of nitrogen functional groups attached to an aromatic ring is 1. The van der Waals surface area contributed by atoms with Crippen LogP contribution in [0, 0.1) is 11.3 Å². The van der Waals surface area contributed by atoms with E-state index in [-0.39, 0.29) is 12.1 Å². The van der Waals surface area contributed by atoms with Crippen molar-refractivity contribution < 1.29 is 4.74 Å². The summed E-state index contributed by atoms with van der Waals surface area (Å²) in [6.45, 7) is 5.90. The van der Waals surface area contributed by atoms with Gasteiger partial charge in [-0.25, -0.2) is 0 Å². The Bertz CT molecular complexity index is 646. The van der Waals surface area contributed by atoms with Crippen molar-refractivity contribution >= 4 is 22.0 Å². The van der Waals surface area contributed by atoms with Crippen LogP contribution in [0.25, 0.3) is 0 Å². The number of pyridine rings is 1. The van der Waals surface area contributed by atoms with Gasteiger partial charge in [-0.1, -0.05) is 0 Å². The molecule has 2 heterocycles. The van der Waals surface area contributed by atoms with Crippen LogP contribution in [0.15, 0.2) is 24.5 Å². The first-order valence-electron chi connectivity index (χ1n) is 6.68. The highest BCUT2D eigenvalue weighted by Crippen LogP contribution is 2.44. The summed E-state index contributed by atoms with van der Waals surface area (Å²) in [7, 11) is 0. The smallest absolute Gasteiger partial charge is 0.178 e. The van der Waals surface area contributed by atoms with Gasteiger partial charge in [0.2, 0.25) is 0 Å².